The molecule has 1 fully saturated rings. The van der Waals surface area contributed by atoms with Gasteiger partial charge >= 0.3 is 0 Å². The zero-order valence-electron chi connectivity index (χ0n) is 20.6. The molecule has 186 valence electrons. The monoisotopic (exact) mass is 488 g/mol. The van der Waals surface area contributed by atoms with E-state index in [0.717, 1.165) is 53.9 Å². The van der Waals surface area contributed by atoms with Crippen molar-refractivity contribution in [1.29, 1.82) is 0 Å². The van der Waals surface area contributed by atoms with Gasteiger partial charge in [0.1, 0.15) is 11.4 Å². The largest absolute Gasteiger partial charge is 0.461 e. The molecule has 1 saturated heterocycles. The number of halogens is 1. The van der Waals surface area contributed by atoms with Crippen LogP contribution in [0.3, 0.4) is 0 Å². The first-order valence-corrected chi connectivity index (χ1v) is 12.1. The molecule has 5 rings (SSSR count). The standard InChI is InChI=1S/C27H29FN6O2/c1-18(28)36-21-10-8-19(9-11-21)27(35)32(2)20-13-16-34(17-14-20)26-23-7-5-4-6-22(23)25(30-31-26)24-12-15-29-33(24)3/h4-12,15,18,20H,13-14,16-17H2,1-3H3. The van der Waals surface area contributed by atoms with Crippen LogP contribution >= 0.6 is 0 Å². The smallest absolute Gasteiger partial charge is 0.253 e. The molecule has 36 heavy (non-hydrogen) atoms. The van der Waals surface area contributed by atoms with Crippen LogP contribution in [0.15, 0.2) is 60.8 Å². The van der Waals surface area contributed by atoms with E-state index in [1.165, 1.54) is 6.92 Å². The van der Waals surface area contributed by atoms with Crippen LogP contribution in [0.25, 0.3) is 22.2 Å². The zero-order valence-corrected chi connectivity index (χ0v) is 20.6. The Balaban J connectivity index is 1.29. The number of alkyl halides is 1. The minimum atomic E-state index is -1.40. The molecule has 1 aliphatic rings. The van der Waals surface area contributed by atoms with Crippen LogP contribution < -0.4 is 9.64 Å². The highest BCUT2D eigenvalue weighted by molar-refractivity contribution is 6.00. The van der Waals surface area contributed by atoms with E-state index in [-0.39, 0.29) is 11.9 Å². The third-order valence-electron chi connectivity index (χ3n) is 6.76. The van der Waals surface area contributed by atoms with Crippen molar-refractivity contribution in [2.45, 2.75) is 32.2 Å². The highest BCUT2D eigenvalue weighted by Gasteiger charge is 2.28. The molecule has 4 aromatic rings. The summed E-state index contributed by atoms with van der Waals surface area (Å²) in [5.74, 6) is 1.21. The summed E-state index contributed by atoms with van der Waals surface area (Å²) in [6.07, 6.45) is 2.01. The van der Waals surface area contributed by atoms with Gasteiger partial charge in [-0.25, -0.2) is 4.39 Å². The molecule has 1 amide bonds. The molecule has 3 heterocycles. The molecule has 2 aromatic heterocycles. The first kappa shape index (κ1) is 23.7. The summed E-state index contributed by atoms with van der Waals surface area (Å²) in [7, 11) is 3.74. The van der Waals surface area contributed by atoms with Crippen molar-refractivity contribution in [3.8, 4) is 17.1 Å². The predicted octanol–water partition coefficient (Wildman–Crippen LogP) is 4.47. The first-order valence-electron chi connectivity index (χ1n) is 12.1. The van der Waals surface area contributed by atoms with Gasteiger partial charge in [0.15, 0.2) is 5.82 Å². The fraction of sp³-hybridized carbons (Fsp3) is 0.333. The number of piperidine rings is 1. The van der Waals surface area contributed by atoms with Gasteiger partial charge in [-0.3, -0.25) is 9.48 Å². The van der Waals surface area contributed by atoms with E-state index in [0.29, 0.717) is 11.3 Å². The van der Waals surface area contributed by atoms with Crippen molar-refractivity contribution in [3.05, 3.63) is 66.4 Å². The lowest BCUT2D eigenvalue weighted by atomic mass is 10.0. The number of hydrogen-bond acceptors (Lipinski definition) is 6. The zero-order chi connectivity index (χ0) is 25.2. The van der Waals surface area contributed by atoms with Gasteiger partial charge in [-0.1, -0.05) is 24.3 Å². The van der Waals surface area contributed by atoms with Crippen molar-refractivity contribution in [1.82, 2.24) is 24.9 Å². The van der Waals surface area contributed by atoms with Crippen molar-refractivity contribution in [3.63, 3.8) is 0 Å². The summed E-state index contributed by atoms with van der Waals surface area (Å²) < 4.78 is 19.9. The van der Waals surface area contributed by atoms with Gasteiger partial charge < -0.3 is 14.5 Å². The van der Waals surface area contributed by atoms with E-state index in [1.807, 2.05) is 32.3 Å². The van der Waals surface area contributed by atoms with Gasteiger partial charge in [-0.05, 0) is 43.2 Å². The molecule has 0 saturated carbocycles. The summed E-state index contributed by atoms with van der Waals surface area (Å²) >= 11 is 0. The highest BCUT2D eigenvalue weighted by atomic mass is 19.1. The third kappa shape index (κ3) is 4.60. The molecule has 0 radical (unpaired) electrons. The molecule has 0 aliphatic carbocycles. The number of benzene rings is 2. The number of fused-ring (bicyclic) bond motifs is 1. The molecular formula is C27H29FN6O2. The second-order valence-corrected chi connectivity index (χ2v) is 9.08. The van der Waals surface area contributed by atoms with Crippen LogP contribution in [-0.2, 0) is 7.05 Å². The number of aromatic nitrogens is 4. The van der Waals surface area contributed by atoms with E-state index in [9.17, 15) is 9.18 Å². The second kappa shape index (κ2) is 9.93. The van der Waals surface area contributed by atoms with E-state index in [2.05, 4.69) is 32.3 Å². The molecule has 1 aliphatic heterocycles. The fourth-order valence-electron chi connectivity index (χ4n) is 4.82. The SMILES string of the molecule is CC(F)Oc1ccc(C(=O)N(C)C2CCN(c3nnc(-c4ccnn4C)c4ccccc34)CC2)cc1. The van der Waals surface area contributed by atoms with Gasteiger partial charge in [-0.15, -0.1) is 10.2 Å². The average molecular weight is 489 g/mol. The number of hydrogen-bond donors (Lipinski definition) is 0. The fourth-order valence-corrected chi connectivity index (χ4v) is 4.82. The predicted molar refractivity (Wildman–Crippen MR) is 137 cm³/mol. The Hall–Kier alpha value is -4.01. The topological polar surface area (TPSA) is 76.4 Å². The Labute approximate surface area is 209 Å². The number of nitrogens with zero attached hydrogens (tertiary/aromatic N) is 6. The normalized spacial score (nSPS) is 15.2. The van der Waals surface area contributed by atoms with Crippen LogP contribution in [0.4, 0.5) is 10.2 Å². The van der Waals surface area contributed by atoms with Gasteiger partial charge in [0, 0.05) is 62.7 Å². The van der Waals surface area contributed by atoms with Crippen LogP contribution in [0.5, 0.6) is 5.75 Å². The van der Waals surface area contributed by atoms with E-state index in [1.54, 1.807) is 40.0 Å². The summed E-state index contributed by atoms with van der Waals surface area (Å²) in [6.45, 7) is 2.86. The lowest BCUT2D eigenvalue weighted by Gasteiger charge is -2.37. The van der Waals surface area contributed by atoms with Crippen LogP contribution in [0, 0.1) is 0 Å². The molecule has 2 aromatic carbocycles. The minimum absolute atomic E-state index is 0.0564. The van der Waals surface area contributed by atoms with Crippen molar-refractivity contribution in [2.75, 3.05) is 25.0 Å². The van der Waals surface area contributed by atoms with Crippen molar-refractivity contribution < 1.29 is 13.9 Å². The van der Waals surface area contributed by atoms with Gasteiger partial charge in [0.25, 0.3) is 5.91 Å². The van der Waals surface area contributed by atoms with Crippen LogP contribution in [-0.4, -0.2) is 63.3 Å². The van der Waals surface area contributed by atoms with Crippen LogP contribution in [0.2, 0.25) is 0 Å². The number of carbonyl (C=O) groups is 1. The van der Waals surface area contributed by atoms with Crippen molar-refractivity contribution in [2.24, 2.45) is 7.05 Å². The number of anilines is 1. The van der Waals surface area contributed by atoms with E-state index < -0.39 is 6.36 Å². The summed E-state index contributed by atoms with van der Waals surface area (Å²) in [5.41, 5.74) is 2.29. The number of aryl methyl sites for hydroxylation is 1. The number of amides is 1. The lowest BCUT2D eigenvalue weighted by Crippen LogP contribution is -2.46. The average Bonchev–Trinajstić information content (AvgIpc) is 3.33. The summed E-state index contributed by atoms with van der Waals surface area (Å²) in [4.78, 5) is 17.1. The van der Waals surface area contributed by atoms with Gasteiger partial charge in [0.2, 0.25) is 6.36 Å². The summed E-state index contributed by atoms with van der Waals surface area (Å²) in [6, 6.07) is 16.8. The Kier molecular flexibility index (Phi) is 6.54. The maximum Gasteiger partial charge on any atom is 0.253 e. The maximum absolute atomic E-state index is 13.0. The number of rotatable bonds is 6. The molecule has 9 heteroatoms. The lowest BCUT2D eigenvalue weighted by molar-refractivity contribution is 0.0709. The Bertz CT molecular complexity index is 1360. The summed E-state index contributed by atoms with van der Waals surface area (Å²) in [5, 5.41) is 15.6. The van der Waals surface area contributed by atoms with Gasteiger partial charge in [0.05, 0.1) is 5.69 Å². The Morgan fingerprint density at radius 2 is 1.75 bits per heavy atom. The van der Waals surface area contributed by atoms with Gasteiger partial charge in [-0.2, -0.15) is 5.10 Å². The Morgan fingerprint density at radius 3 is 2.39 bits per heavy atom. The molecule has 0 bridgehead atoms. The molecule has 0 spiro atoms. The molecule has 0 N–H and O–H groups in total. The maximum atomic E-state index is 13.0. The quantitative estimate of drug-likeness (QED) is 0.399. The highest BCUT2D eigenvalue weighted by Crippen LogP contribution is 2.32. The molecule has 8 nitrogen and oxygen atoms in total. The first-order chi connectivity index (χ1) is 17.4. The van der Waals surface area contributed by atoms with Crippen molar-refractivity contribution >= 4 is 22.5 Å². The second-order valence-electron chi connectivity index (χ2n) is 9.08. The Morgan fingerprint density at radius 1 is 1.06 bits per heavy atom. The van der Waals surface area contributed by atoms with Crippen LogP contribution in [0.1, 0.15) is 30.1 Å². The minimum Gasteiger partial charge on any atom is -0.461 e. The van der Waals surface area contributed by atoms with E-state index >= 15 is 0 Å². The third-order valence-corrected chi connectivity index (χ3v) is 6.76. The molecule has 1 atom stereocenters. The molecule has 1 unspecified atom stereocenters. The number of ether oxygens (including phenoxy) is 1. The number of carbonyl (C=O) groups excluding carboxylic acids is 1. The molecular weight excluding hydrogens is 459 g/mol. The van der Waals surface area contributed by atoms with E-state index in [4.69, 9.17) is 4.74 Å².